The molecule has 1 amide bonds. The number of ether oxygens (including phenoxy) is 1. The van der Waals surface area contributed by atoms with Crippen molar-refractivity contribution in [2.75, 3.05) is 7.05 Å². The van der Waals surface area contributed by atoms with Crippen LogP contribution in [0.5, 0.6) is 5.75 Å². The highest BCUT2D eigenvalue weighted by Crippen LogP contribution is 2.53. The number of rotatable bonds is 2. The van der Waals surface area contributed by atoms with E-state index in [1.807, 2.05) is 6.07 Å². The fourth-order valence-corrected chi connectivity index (χ4v) is 4.50. The number of pyridine rings is 1. The molecule has 27 heavy (non-hydrogen) atoms. The fourth-order valence-electron chi connectivity index (χ4n) is 4.34. The molecule has 0 fully saturated rings. The maximum absolute atomic E-state index is 13.0. The first kappa shape index (κ1) is 16.5. The Morgan fingerprint density at radius 2 is 2.11 bits per heavy atom. The van der Waals surface area contributed by atoms with Gasteiger partial charge in [0.2, 0.25) is 0 Å². The maximum Gasteiger partial charge on any atom is 0.387 e. The van der Waals surface area contributed by atoms with Crippen LogP contribution in [0.2, 0.25) is 5.02 Å². The first-order valence-corrected chi connectivity index (χ1v) is 8.86. The summed E-state index contributed by atoms with van der Waals surface area (Å²) in [5.41, 5.74) is 3.37. The van der Waals surface area contributed by atoms with Crippen LogP contribution in [0.1, 0.15) is 45.6 Å². The summed E-state index contributed by atoms with van der Waals surface area (Å²) in [6.07, 6.45) is 2.33. The molecule has 5 nitrogen and oxygen atoms in total. The molecule has 5 rings (SSSR count). The van der Waals surface area contributed by atoms with Gasteiger partial charge in [0, 0.05) is 40.9 Å². The summed E-state index contributed by atoms with van der Waals surface area (Å²) in [6, 6.07) is 8.01. The molecule has 8 heteroatoms. The van der Waals surface area contributed by atoms with Crippen LogP contribution in [0.3, 0.4) is 0 Å². The molecule has 0 saturated heterocycles. The van der Waals surface area contributed by atoms with Crippen LogP contribution in [0.25, 0.3) is 5.52 Å². The molecule has 0 spiro atoms. The summed E-state index contributed by atoms with van der Waals surface area (Å²) in [5, 5.41) is 5.20. The molecule has 1 aliphatic heterocycles. The van der Waals surface area contributed by atoms with Crippen LogP contribution in [0.4, 0.5) is 8.78 Å². The molecule has 3 aromatic rings. The summed E-state index contributed by atoms with van der Waals surface area (Å²) in [6.45, 7) is -2.97. The van der Waals surface area contributed by atoms with Gasteiger partial charge in [-0.1, -0.05) is 17.7 Å². The highest BCUT2D eigenvalue weighted by Gasteiger charge is 2.45. The number of alkyl halides is 2. The second-order valence-electron chi connectivity index (χ2n) is 6.79. The summed E-state index contributed by atoms with van der Waals surface area (Å²) in [5.74, 6) is -0.470. The Labute approximate surface area is 158 Å². The van der Waals surface area contributed by atoms with Gasteiger partial charge in [0.25, 0.3) is 5.91 Å². The Balaban J connectivity index is 1.82. The van der Waals surface area contributed by atoms with Crippen molar-refractivity contribution in [3.8, 4) is 5.75 Å². The van der Waals surface area contributed by atoms with Crippen LogP contribution in [-0.2, 0) is 0 Å². The SMILES string of the molecule is CN1C(=O)c2cccc(OC(F)F)c2[C@H]2C[C@@H]1c1nn3ccc(Cl)cc3c12. The van der Waals surface area contributed by atoms with E-state index in [0.717, 1.165) is 16.8 Å². The first-order valence-electron chi connectivity index (χ1n) is 8.48. The molecule has 1 aliphatic carbocycles. The minimum absolute atomic E-state index is 0.0316. The third-order valence-electron chi connectivity index (χ3n) is 5.44. The summed E-state index contributed by atoms with van der Waals surface area (Å²) < 4.78 is 32.5. The van der Waals surface area contributed by atoms with Gasteiger partial charge < -0.3 is 9.64 Å². The molecule has 2 aliphatic rings. The van der Waals surface area contributed by atoms with E-state index in [1.165, 1.54) is 6.07 Å². The third kappa shape index (κ3) is 2.27. The predicted molar refractivity (Wildman–Crippen MR) is 94.6 cm³/mol. The van der Waals surface area contributed by atoms with E-state index in [4.69, 9.17) is 16.3 Å². The smallest absolute Gasteiger partial charge is 0.387 e. The number of carbonyl (C=O) groups excluding carboxylic acids is 1. The Kier molecular flexibility index (Phi) is 3.46. The van der Waals surface area contributed by atoms with Crippen molar-refractivity contribution in [1.82, 2.24) is 14.5 Å². The van der Waals surface area contributed by atoms with Crippen molar-refractivity contribution >= 4 is 23.0 Å². The van der Waals surface area contributed by atoms with Crippen molar-refractivity contribution in [3.05, 3.63) is 63.9 Å². The Morgan fingerprint density at radius 3 is 2.89 bits per heavy atom. The molecule has 2 aromatic heterocycles. The van der Waals surface area contributed by atoms with Gasteiger partial charge in [-0.2, -0.15) is 13.9 Å². The number of hydrogen-bond acceptors (Lipinski definition) is 3. The largest absolute Gasteiger partial charge is 0.434 e. The normalized spacial score (nSPS) is 20.8. The quantitative estimate of drug-likeness (QED) is 0.658. The lowest BCUT2D eigenvalue weighted by molar-refractivity contribution is -0.0505. The average molecular weight is 390 g/mol. The standard InChI is InChI=1S/C19H14ClF2N3O2/c1-24-13-8-11(16-12-7-9(20)5-6-25(12)23-17(13)16)15-10(18(24)26)3-2-4-14(15)27-19(21)22/h2-7,11,13,19H,8H2,1H3/t11-,13-/m1/s1. The highest BCUT2D eigenvalue weighted by molar-refractivity contribution is 6.30. The van der Waals surface area contributed by atoms with E-state index in [1.54, 1.807) is 40.9 Å². The monoisotopic (exact) mass is 389 g/mol. The van der Waals surface area contributed by atoms with Gasteiger partial charge in [-0.25, -0.2) is 4.52 Å². The minimum atomic E-state index is -2.97. The topological polar surface area (TPSA) is 46.8 Å². The Hall–Kier alpha value is -2.67. The summed E-state index contributed by atoms with van der Waals surface area (Å²) >= 11 is 6.18. The molecule has 0 unspecified atom stereocenters. The van der Waals surface area contributed by atoms with Crippen LogP contribution in [0.15, 0.2) is 36.5 Å². The zero-order valence-corrected chi connectivity index (χ0v) is 15.0. The lowest BCUT2D eigenvalue weighted by Gasteiger charge is -2.23. The molecular formula is C19H14ClF2N3O2. The van der Waals surface area contributed by atoms with E-state index in [2.05, 4.69) is 5.10 Å². The van der Waals surface area contributed by atoms with Gasteiger partial charge in [-0.15, -0.1) is 0 Å². The van der Waals surface area contributed by atoms with Gasteiger partial charge in [0.05, 0.1) is 17.3 Å². The first-order chi connectivity index (χ1) is 13.0. The summed E-state index contributed by atoms with van der Waals surface area (Å²) in [4.78, 5) is 14.6. The summed E-state index contributed by atoms with van der Waals surface area (Å²) in [7, 11) is 1.71. The Morgan fingerprint density at radius 1 is 1.30 bits per heavy atom. The number of amides is 1. The second-order valence-corrected chi connectivity index (χ2v) is 7.23. The number of halogens is 3. The van der Waals surface area contributed by atoms with Crippen LogP contribution >= 0.6 is 11.6 Å². The number of fused-ring (bicyclic) bond motifs is 9. The van der Waals surface area contributed by atoms with Crippen molar-refractivity contribution < 1.29 is 18.3 Å². The van der Waals surface area contributed by atoms with E-state index in [-0.39, 0.29) is 23.6 Å². The minimum Gasteiger partial charge on any atom is -0.434 e. The second kappa shape index (κ2) is 5.66. The molecule has 0 N–H and O–H groups in total. The molecule has 1 aromatic carbocycles. The van der Waals surface area contributed by atoms with Crippen molar-refractivity contribution in [2.24, 2.45) is 0 Å². The van der Waals surface area contributed by atoms with Crippen molar-refractivity contribution in [1.29, 1.82) is 0 Å². The lowest BCUT2D eigenvalue weighted by atomic mass is 9.89. The van der Waals surface area contributed by atoms with E-state index < -0.39 is 6.61 Å². The van der Waals surface area contributed by atoms with Gasteiger partial charge in [0.15, 0.2) is 0 Å². The van der Waals surface area contributed by atoms with Gasteiger partial charge in [-0.3, -0.25) is 4.79 Å². The fraction of sp³-hybridized carbons (Fsp3) is 0.263. The molecule has 2 bridgehead atoms. The van der Waals surface area contributed by atoms with Crippen LogP contribution < -0.4 is 4.74 Å². The van der Waals surface area contributed by atoms with Gasteiger partial charge >= 0.3 is 6.61 Å². The average Bonchev–Trinajstić information content (AvgIpc) is 3.14. The molecule has 0 saturated carbocycles. The maximum atomic E-state index is 13.0. The number of carbonyl (C=O) groups is 1. The zero-order chi connectivity index (χ0) is 18.9. The zero-order valence-electron chi connectivity index (χ0n) is 14.2. The van der Waals surface area contributed by atoms with Crippen molar-refractivity contribution in [2.45, 2.75) is 25.0 Å². The number of hydrogen-bond donors (Lipinski definition) is 0. The predicted octanol–water partition coefficient (Wildman–Crippen LogP) is 4.25. The van der Waals surface area contributed by atoms with E-state index >= 15 is 0 Å². The number of nitrogens with zero attached hydrogens (tertiary/aromatic N) is 3. The van der Waals surface area contributed by atoms with Crippen LogP contribution in [-0.4, -0.2) is 34.1 Å². The molecule has 3 heterocycles. The molecular weight excluding hydrogens is 376 g/mol. The van der Waals surface area contributed by atoms with Gasteiger partial charge in [-0.05, 0) is 30.7 Å². The highest BCUT2D eigenvalue weighted by atomic mass is 35.5. The molecule has 0 radical (unpaired) electrons. The van der Waals surface area contributed by atoms with E-state index in [0.29, 0.717) is 22.6 Å². The molecule has 138 valence electrons. The van der Waals surface area contributed by atoms with Crippen molar-refractivity contribution in [3.63, 3.8) is 0 Å². The van der Waals surface area contributed by atoms with Crippen LogP contribution in [0, 0.1) is 0 Å². The van der Waals surface area contributed by atoms with E-state index in [9.17, 15) is 13.6 Å². The molecule has 2 atom stereocenters. The lowest BCUT2D eigenvalue weighted by Crippen LogP contribution is -2.30. The number of aromatic nitrogens is 2. The third-order valence-corrected chi connectivity index (χ3v) is 5.67. The van der Waals surface area contributed by atoms with Gasteiger partial charge in [0.1, 0.15) is 5.75 Å². The Bertz CT molecular complexity index is 1100. The number of benzene rings is 1.